The number of piperidine rings is 1. The summed E-state index contributed by atoms with van der Waals surface area (Å²) < 4.78 is 0. The van der Waals surface area contributed by atoms with Gasteiger partial charge in [0.1, 0.15) is 0 Å². The van der Waals surface area contributed by atoms with Crippen molar-refractivity contribution in [2.75, 3.05) is 6.54 Å². The van der Waals surface area contributed by atoms with Gasteiger partial charge in [0.15, 0.2) is 0 Å². The Hall–Kier alpha value is -0.460. The summed E-state index contributed by atoms with van der Waals surface area (Å²) in [7, 11) is 0. The van der Waals surface area contributed by atoms with Crippen LogP contribution in [0.25, 0.3) is 0 Å². The van der Waals surface area contributed by atoms with Crippen molar-refractivity contribution >= 4 is 17.1 Å². The van der Waals surface area contributed by atoms with Crippen LogP contribution in [0.2, 0.25) is 0 Å². The van der Waals surface area contributed by atoms with Crippen molar-refractivity contribution in [3.05, 3.63) is 0 Å². The molecule has 3 atom stereocenters. The molecule has 0 aromatic carbocycles. The molecule has 2 nitrogen and oxygen atoms in total. The van der Waals surface area contributed by atoms with Crippen LogP contribution in [-0.4, -0.2) is 28.4 Å². The van der Waals surface area contributed by atoms with Crippen LogP contribution in [0, 0.1) is 17.2 Å². The second-order valence-electron chi connectivity index (χ2n) is 4.19. The molecule has 1 rings (SSSR count). The fourth-order valence-corrected chi connectivity index (χ4v) is 2.47. The van der Waals surface area contributed by atoms with E-state index in [9.17, 15) is 0 Å². The van der Waals surface area contributed by atoms with E-state index in [-0.39, 0.29) is 6.04 Å². The van der Waals surface area contributed by atoms with Gasteiger partial charge in [-0.1, -0.05) is 26.1 Å². The highest BCUT2D eigenvalue weighted by Gasteiger charge is 2.31. The van der Waals surface area contributed by atoms with Gasteiger partial charge in [-0.3, -0.25) is 4.90 Å². The van der Waals surface area contributed by atoms with Crippen LogP contribution in [0.4, 0.5) is 0 Å². The van der Waals surface area contributed by atoms with E-state index in [0.29, 0.717) is 12.0 Å². The van der Waals surface area contributed by atoms with Crippen LogP contribution in [0.15, 0.2) is 0 Å². The number of hydrogen-bond acceptors (Lipinski definition) is 3. The summed E-state index contributed by atoms with van der Waals surface area (Å²) >= 11 is 5.28. The zero-order valence-corrected chi connectivity index (χ0v) is 9.97. The first-order valence-corrected chi connectivity index (χ1v) is 5.68. The quantitative estimate of drug-likeness (QED) is 0.655. The van der Waals surface area contributed by atoms with Gasteiger partial charge >= 0.3 is 0 Å². The Morgan fingerprint density at radius 2 is 2.29 bits per heavy atom. The van der Waals surface area contributed by atoms with E-state index >= 15 is 0 Å². The van der Waals surface area contributed by atoms with Gasteiger partial charge in [0.2, 0.25) is 0 Å². The van der Waals surface area contributed by atoms with Crippen LogP contribution < -0.4 is 0 Å². The molecule has 0 aromatic rings. The first-order chi connectivity index (χ1) is 6.60. The van der Waals surface area contributed by atoms with E-state index in [2.05, 4.69) is 31.7 Å². The molecule has 1 saturated heterocycles. The molecule has 0 spiro atoms. The Kier molecular flexibility index (Phi) is 4.03. The molecular weight excluding hydrogens is 192 g/mol. The maximum Gasteiger partial charge on any atom is 0.0980 e. The van der Waals surface area contributed by atoms with Crippen molar-refractivity contribution in [2.45, 2.75) is 45.7 Å². The molecule has 14 heavy (non-hydrogen) atoms. The molecule has 0 radical (unpaired) electrons. The van der Waals surface area contributed by atoms with Crippen molar-refractivity contribution in [2.24, 2.45) is 5.92 Å². The van der Waals surface area contributed by atoms with Crippen molar-refractivity contribution in [1.29, 1.82) is 5.26 Å². The second-order valence-corrected chi connectivity index (χ2v) is 4.76. The number of hydrogen-bond donors (Lipinski definition) is 0. The second kappa shape index (κ2) is 4.86. The van der Waals surface area contributed by atoms with E-state index in [1.807, 2.05) is 0 Å². The number of likely N-dealkylation sites (tertiary alicyclic amines) is 1. The summed E-state index contributed by atoms with van der Waals surface area (Å²) in [4.78, 5) is 3.35. The van der Waals surface area contributed by atoms with Gasteiger partial charge in [-0.2, -0.15) is 5.26 Å². The van der Waals surface area contributed by atoms with Crippen LogP contribution >= 0.6 is 12.2 Å². The van der Waals surface area contributed by atoms with Gasteiger partial charge in [0.05, 0.1) is 12.1 Å². The predicted octanol–water partition coefficient (Wildman–Crippen LogP) is 2.39. The van der Waals surface area contributed by atoms with Gasteiger partial charge < -0.3 is 0 Å². The molecule has 1 heterocycles. The summed E-state index contributed by atoms with van der Waals surface area (Å²) in [5, 5.41) is 9.03. The number of nitriles is 1. The predicted molar refractivity (Wildman–Crippen MR) is 62.2 cm³/mol. The highest BCUT2D eigenvalue weighted by Crippen LogP contribution is 2.24. The minimum atomic E-state index is 0.0331. The molecule has 1 aliphatic heterocycles. The monoisotopic (exact) mass is 210 g/mol. The minimum Gasteiger partial charge on any atom is -0.280 e. The molecule has 0 amide bonds. The van der Waals surface area contributed by atoms with Crippen LogP contribution in [-0.2, 0) is 0 Å². The van der Waals surface area contributed by atoms with Gasteiger partial charge in [0, 0.05) is 17.5 Å². The Labute approximate surface area is 91.9 Å². The van der Waals surface area contributed by atoms with Crippen LogP contribution in [0.3, 0.4) is 0 Å². The van der Waals surface area contributed by atoms with E-state index in [0.717, 1.165) is 24.3 Å². The van der Waals surface area contributed by atoms with Gasteiger partial charge in [-0.25, -0.2) is 0 Å². The Morgan fingerprint density at radius 3 is 2.79 bits per heavy atom. The normalized spacial score (nSPS) is 31.1. The molecule has 1 aliphatic rings. The number of rotatable bonds is 2. The maximum absolute atomic E-state index is 9.03. The lowest BCUT2D eigenvalue weighted by atomic mass is 9.90. The fourth-order valence-electron chi connectivity index (χ4n) is 2.06. The van der Waals surface area contributed by atoms with E-state index in [4.69, 9.17) is 17.5 Å². The molecule has 3 unspecified atom stereocenters. The first kappa shape index (κ1) is 11.6. The van der Waals surface area contributed by atoms with Crippen molar-refractivity contribution < 1.29 is 0 Å². The minimum absolute atomic E-state index is 0.0331. The Balaban J connectivity index is 2.75. The zero-order chi connectivity index (χ0) is 10.7. The fraction of sp³-hybridized carbons (Fsp3) is 0.818. The maximum atomic E-state index is 9.03. The Morgan fingerprint density at radius 1 is 1.64 bits per heavy atom. The van der Waals surface area contributed by atoms with E-state index in [1.54, 1.807) is 0 Å². The van der Waals surface area contributed by atoms with E-state index in [1.165, 1.54) is 0 Å². The molecule has 0 aliphatic carbocycles. The molecule has 0 aromatic heterocycles. The number of thiocarbonyl (C=S) groups is 1. The van der Waals surface area contributed by atoms with Gasteiger partial charge in [-0.05, 0) is 25.7 Å². The summed E-state index contributed by atoms with van der Waals surface area (Å²) in [6, 6.07) is 2.87. The lowest BCUT2D eigenvalue weighted by Gasteiger charge is -2.40. The molecule has 0 bridgehead atoms. The van der Waals surface area contributed by atoms with Crippen molar-refractivity contribution in [1.82, 2.24) is 4.90 Å². The van der Waals surface area contributed by atoms with Crippen LogP contribution in [0.5, 0.6) is 0 Å². The highest BCUT2D eigenvalue weighted by molar-refractivity contribution is 7.80. The van der Waals surface area contributed by atoms with E-state index < -0.39 is 0 Å². The summed E-state index contributed by atoms with van der Waals surface area (Å²) in [6.45, 7) is 7.30. The smallest absolute Gasteiger partial charge is 0.0980 e. The van der Waals surface area contributed by atoms with Gasteiger partial charge in [-0.15, -0.1) is 0 Å². The third kappa shape index (κ3) is 2.31. The lowest BCUT2D eigenvalue weighted by molar-refractivity contribution is 0.139. The third-order valence-electron chi connectivity index (χ3n) is 3.19. The highest BCUT2D eigenvalue weighted by atomic mass is 32.1. The molecular formula is C11H18N2S. The average molecular weight is 210 g/mol. The molecule has 0 saturated carbocycles. The average Bonchev–Trinajstić information content (AvgIpc) is 2.15. The van der Waals surface area contributed by atoms with Crippen molar-refractivity contribution in [3.8, 4) is 6.07 Å². The number of nitrogens with zero attached hydrogens (tertiary/aromatic N) is 2. The summed E-state index contributed by atoms with van der Waals surface area (Å²) in [5.41, 5.74) is 0. The van der Waals surface area contributed by atoms with Crippen LogP contribution in [0.1, 0.15) is 33.6 Å². The third-order valence-corrected chi connectivity index (χ3v) is 3.49. The van der Waals surface area contributed by atoms with Gasteiger partial charge in [0.25, 0.3) is 0 Å². The largest absolute Gasteiger partial charge is 0.280 e. The molecule has 0 N–H and O–H groups in total. The summed E-state index contributed by atoms with van der Waals surface area (Å²) in [5.74, 6) is 0.582. The standard InChI is InChI=1S/C11H18N2S/c1-4-10(6-12)13-7-11(14)5-8(2)9(13)3/h8-10H,4-5,7H2,1-3H3. The lowest BCUT2D eigenvalue weighted by Crippen LogP contribution is -2.50. The molecule has 78 valence electrons. The molecule has 3 heteroatoms. The first-order valence-electron chi connectivity index (χ1n) is 5.27. The summed E-state index contributed by atoms with van der Waals surface area (Å²) in [6.07, 6.45) is 1.92. The Bertz CT molecular complexity index is 257. The SMILES string of the molecule is CCC(C#N)N1CC(=S)CC(C)C1C. The molecule has 1 fully saturated rings. The van der Waals surface area contributed by atoms with Crippen molar-refractivity contribution in [3.63, 3.8) is 0 Å². The topological polar surface area (TPSA) is 27.0 Å². The zero-order valence-electron chi connectivity index (χ0n) is 9.16.